The van der Waals surface area contributed by atoms with Gasteiger partial charge >= 0.3 is 5.97 Å². The molecule has 0 rings (SSSR count). The summed E-state index contributed by atoms with van der Waals surface area (Å²) in [5, 5.41) is 10.6. The second-order valence-corrected chi connectivity index (χ2v) is 2.47. The molecule has 0 aliphatic carbocycles. The van der Waals surface area contributed by atoms with Gasteiger partial charge in [0, 0.05) is 6.42 Å². The Morgan fingerprint density at radius 3 is 2.31 bits per heavy atom. The van der Waals surface area contributed by atoms with Crippen molar-refractivity contribution in [2.24, 2.45) is 5.73 Å². The molecular weight excluding hydrogens is 176 g/mol. The van der Waals surface area contributed by atoms with Gasteiger partial charge in [0.15, 0.2) is 0 Å². The quantitative estimate of drug-likeness (QED) is 0.505. The molecule has 0 saturated carbocycles. The second-order valence-electron chi connectivity index (χ2n) is 2.47. The topological polar surface area (TPSA) is 109 Å². The first kappa shape index (κ1) is 11.4. The molecular formula is C7H12N2O4. The van der Waals surface area contributed by atoms with E-state index in [4.69, 9.17) is 10.8 Å². The van der Waals surface area contributed by atoms with Crippen LogP contribution in [0.1, 0.15) is 19.8 Å². The van der Waals surface area contributed by atoms with Crippen molar-refractivity contribution >= 4 is 17.8 Å². The molecule has 6 nitrogen and oxygen atoms in total. The van der Waals surface area contributed by atoms with Crippen molar-refractivity contribution < 1.29 is 19.5 Å². The summed E-state index contributed by atoms with van der Waals surface area (Å²) in [6, 6.07) is -1.12. The Bertz CT molecular complexity index is 227. The molecule has 74 valence electrons. The Kier molecular flexibility index (Phi) is 4.50. The molecule has 0 spiro atoms. The number of amides is 2. The summed E-state index contributed by atoms with van der Waals surface area (Å²) < 4.78 is 0. The van der Waals surface area contributed by atoms with Gasteiger partial charge < -0.3 is 16.2 Å². The summed E-state index contributed by atoms with van der Waals surface area (Å²) >= 11 is 0. The summed E-state index contributed by atoms with van der Waals surface area (Å²) in [5.41, 5.74) is 4.87. The number of carbonyl (C=O) groups is 3. The minimum absolute atomic E-state index is 0.184. The highest BCUT2D eigenvalue weighted by atomic mass is 16.4. The van der Waals surface area contributed by atoms with Crippen molar-refractivity contribution in [3.8, 4) is 0 Å². The van der Waals surface area contributed by atoms with Gasteiger partial charge in [-0.15, -0.1) is 0 Å². The van der Waals surface area contributed by atoms with Crippen LogP contribution in [0.2, 0.25) is 0 Å². The van der Waals surface area contributed by atoms with Crippen molar-refractivity contribution in [3.05, 3.63) is 0 Å². The first-order valence-electron chi connectivity index (χ1n) is 3.77. The van der Waals surface area contributed by atoms with Crippen LogP contribution in [0.15, 0.2) is 0 Å². The van der Waals surface area contributed by atoms with Crippen LogP contribution in [-0.4, -0.2) is 28.9 Å². The summed E-state index contributed by atoms with van der Waals surface area (Å²) in [4.78, 5) is 31.7. The van der Waals surface area contributed by atoms with Gasteiger partial charge in [0.05, 0.1) is 6.42 Å². The molecule has 0 bridgehead atoms. The van der Waals surface area contributed by atoms with Crippen molar-refractivity contribution in [1.29, 1.82) is 0 Å². The fraction of sp³-hybridized carbons (Fsp3) is 0.571. The van der Waals surface area contributed by atoms with Gasteiger partial charge in [-0.05, 0) is 0 Å². The molecule has 0 saturated heterocycles. The molecule has 6 heteroatoms. The van der Waals surface area contributed by atoms with Crippen molar-refractivity contribution in [2.75, 3.05) is 0 Å². The average Bonchev–Trinajstić information content (AvgIpc) is 2.02. The third-order valence-electron chi connectivity index (χ3n) is 1.38. The first-order chi connectivity index (χ1) is 5.97. The number of aliphatic carboxylic acids is 1. The number of nitrogens with one attached hydrogen (secondary N) is 1. The summed E-state index contributed by atoms with van der Waals surface area (Å²) in [6.07, 6.45) is -0.301. The highest BCUT2D eigenvalue weighted by Crippen LogP contribution is 1.92. The zero-order chi connectivity index (χ0) is 10.4. The largest absolute Gasteiger partial charge is 0.481 e. The van der Waals surface area contributed by atoms with E-state index in [0.29, 0.717) is 0 Å². The van der Waals surface area contributed by atoms with Crippen molar-refractivity contribution in [1.82, 2.24) is 5.32 Å². The maximum atomic E-state index is 10.8. The van der Waals surface area contributed by atoms with Gasteiger partial charge in [-0.1, -0.05) is 6.92 Å². The van der Waals surface area contributed by atoms with E-state index in [0.717, 1.165) is 0 Å². The normalized spacial score (nSPS) is 11.8. The van der Waals surface area contributed by atoms with E-state index < -0.39 is 30.2 Å². The molecule has 0 radical (unpaired) electrons. The smallest absolute Gasteiger partial charge is 0.305 e. The number of carboxylic acid groups (broad SMARTS) is 1. The number of carbonyl (C=O) groups excluding carboxylic acids is 2. The van der Waals surface area contributed by atoms with Crippen molar-refractivity contribution in [2.45, 2.75) is 25.8 Å². The van der Waals surface area contributed by atoms with E-state index in [1.165, 1.54) is 0 Å². The molecule has 0 fully saturated rings. The number of hydrogen-bond donors (Lipinski definition) is 3. The van der Waals surface area contributed by atoms with Gasteiger partial charge in [-0.2, -0.15) is 0 Å². The van der Waals surface area contributed by atoms with Crippen LogP contribution in [0.3, 0.4) is 0 Å². The fourth-order valence-corrected chi connectivity index (χ4v) is 0.694. The van der Waals surface area contributed by atoms with Crippen LogP contribution < -0.4 is 11.1 Å². The third-order valence-corrected chi connectivity index (χ3v) is 1.38. The molecule has 4 N–H and O–H groups in total. The highest BCUT2D eigenvalue weighted by Gasteiger charge is 2.20. The minimum Gasteiger partial charge on any atom is -0.481 e. The maximum absolute atomic E-state index is 10.8. The van der Waals surface area contributed by atoms with E-state index in [1.807, 2.05) is 0 Å². The molecule has 0 aromatic rings. The lowest BCUT2D eigenvalue weighted by molar-refractivity contribution is -0.140. The van der Waals surface area contributed by atoms with Crippen molar-refractivity contribution in [3.63, 3.8) is 0 Å². The number of primary amides is 1. The fourth-order valence-electron chi connectivity index (χ4n) is 0.694. The van der Waals surface area contributed by atoms with Gasteiger partial charge in [0.25, 0.3) is 0 Å². The van der Waals surface area contributed by atoms with Crippen LogP contribution in [0, 0.1) is 0 Å². The molecule has 13 heavy (non-hydrogen) atoms. The SMILES string of the molecule is CCC(=O)NC(CC(=O)O)C(N)=O. The Balaban J connectivity index is 4.18. The predicted molar refractivity (Wildman–Crippen MR) is 43.7 cm³/mol. The van der Waals surface area contributed by atoms with Crippen LogP contribution in [0.25, 0.3) is 0 Å². The molecule has 0 aromatic heterocycles. The van der Waals surface area contributed by atoms with Crippen LogP contribution in [-0.2, 0) is 14.4 Å². The second kappa shape index (κ2) is 5.13. The standard InChI is InChI=1S/C7H12N2O4/c1-2-5(10)9-4(7(8)13)3-6(11)12/h4H,2-3H2,1H3,(H2,8,13)(H,9,10)(H,11,12). The van der Waals surface area contributed by atoms with Gasteiger partial charge in [0.1, 0.15) is 6.04 Å². The Morgan fingerprint density at radius 2 is 2.00 bits per heavy atom. The zero-order valence-electron chi connectivity index (χ0n) is 7.24. The zero-order valence-corrected chi connectivity index (χ0v) is 7.24. The number of nitrogens with two attached hydrogens (primary N) is 1. The molecule has 2 amide bonds. The van der Waals surface area contributed by atoms with E-state index in [9.17, 15) is 14.4 Å². The third kappa shape index (κ3) is 4.78. The molecule has 1 atom stereocenters. The highest BCUT2D eigenvalue weighted by molar-refractivity contribution is 5.89. The Morgan fingerprint density at radius 1 is 1.46 bits per heavy atom. The van der Waals surface area contributed by atoms with Crippen LogP contribution in [0.4, 0.5) is 0 Å². The number of rotatable bonds is 5. The predicted octanol–water partition coefficient (Wildman–Crippen LogP) is -1.16. The molecule has 1 unspecified atom stereocenters. The molecule has 0 aliphatic rings. The summed E-state index contributed by atoms with van der Waals surface area (Å²) in [6.45, 7) is 1.59. The summed E-state index contributed by atoms with van der Waals surface area (Å²) in [7, 11) is 0. The monoisotopic (exact) mass is 188 g/mol. The molecule has 0 aliphatic heterocycles. The maximum Gasteiger partial charge on any atom is 0.305 e. The van der Waals surface area contributed by atoms with E-state index >= 15 is 0 Å². The van der Waals surface area contributed by atoms with E-state index in [-0.39, 0.29) is 6.42 Å². The van der Waals surface area contributed by atoms with Gasteiger partial charge in [-0.25, -0.2) is 0 Å². The lowest BCUT2D eigenvalue weighted by atomic mass is 10.2. The molecule has 0 aromatic carbocycles. The Labute approximate surface area is 75.1 Å². The lowest BCUT2D eigenvalue weighted by Gasteiger charge is -2.11. The lowest BCUT2D eigenvalue weighted by Crippen LogP contribution is -2.45. The van der Waals surface area contributed by atoms with Gasteiger partial charge in [-0.3, -0.25) is 14.4 Å². The van der Waals surface area contributed by atoms with Crippen LogP contribution >= 0.6 is 0 Å². The number of carboxylic acids is 1. The Hall–Kier alpha value is -1.59. The van der Waals surface area contributed by atoms with E-state index in [2.05, 4.69) is 5.32 Å². The minimum atomic E-state index is -1.18. The van der Waals surface area contributed by atoms with E-state index in [1.54, 1.807) is 6.92 Å². The van der Waals surface area contributed by atoms with Gasteiger partial charge in [0.2, 0.25) is 11.8 Å². The molecule has 0 heterocycles. The number of hydrogen-bond acceptors (Lipinski definition) is 3. The first-order valence-corrected chi connectivity index (χ1v) is 3.77. The van der Waals surface area contributed by atoms with Crippen LogP contribution in [0.5, 0.6) is 0 Å². The summed E-state index contributed by atoms with van der Waals surface area (Å²) in [5.74, 6) is -2.42. The average molecular weight is 188 g/mol.